The number of hydrogen-bond acceptors (Lipinski definition) is 4. The van der Waals surface area contributed by atoms with Gasteiger partial charge in [-0.25, -0.2) is 0 Å². The molecule has 0 aromatic rings. The van der Waals surface area contributed by atoms with Crippen LogP contribution in [0.2, 0.25) is 0 Å². The van der Waals surface area contributed by atoms with E-state index in [0.29, 0.717) is 6.54 Å². The normalized spacial score (nSPS) is 21.8. The lowest BCUT2D eigenvalue weighted by atomic mass is 9.92. The van der Waals surface area contributed by atoms with Crippen LogP contribution < -0.4 is 0 Å². The van der Waals surface area contributed by atoms with Crippen LogP contribution in [0.5, 0.6) is 0 Å². The number of aliphatic hydroxyl groups is 2. The summed E-state index contributed by atoms with van der Waals surface area (Å²) in [6.45, 7) is 1.19. The second-order valence-corrected chi connectivity index (χ2v) is 3.93. The summed E-state index contributed by atoms with van der Waals surface area (Å²) in [7, 11) is 0. The first-order valence-corrected chi connectivity index (χ1v) is 5.21. The number of rotatable bonds is 5. The molecular weight excluding hydrogens is 198 g/mol. The van der Waals surface area contributed by atoms with Gasteiger partial charge in [0.1, 0.15) is 5.78 Å². The van der Waals surface area contributed by atoms with Gasteiger partial charge in [-0.3, -0.25) is 9.59 Å². The van der Waals surface area contributed by atoms with Crippen molar-refractivity contribution in [2.75, 3.05) is 13.1 Å². The van der Waals surface area contributed by atoms with Gasteiger partial charge >= 0.3 is 0 Å². The highest BCUT2D eigenvalue weighted by atomic mass is 16.5. The van der Waals surface area contributed by atoms with E-state index in [4.69, 9.17) is 10.2 Å². The van der Waals surface area contributed by atoms with E-state index in [2.05, 4.69) is 0 Å². The van der Waals surface area contributed by atoms with Crippen molar-refractivity contribution in [1.29, 1.82) is 0 Å². The molecule has 1 atom stereocenters. The third-order valence-electron chi connectivity index (χ3n) is 2.71. The number of Topliss-reactive ketones (excluding diaryl/α,β-unsaturated/α-hetero) is 1. The zero-order valence-electron chi connectivity index (χ0n) is 8.63. The average molecular weight is 215 g/mol. The van der Waals surface area contributed by atoms with Gasteiger partial charge < -0.3 is 15.1 Å². The summed E-state index contributed by atoms with van der Waals surface area (Å²) in [5.74, 6) is -0.0997. The largest absolute Gasteiger partial charge is 0.368 e. The van der Waals surface area contributed by atoms with Crippen LogP contribution in [0.15, 0.2) is 0 Å². The summed E-state index contributed by atoms with van der Waals surface area (Å²) < 4.78 is 0. The maximum atomic E-state index is 11.6. The number of aliphatic hydroxyl groups excluding tert-OH is 1. The Morgan fingerprint density at radius 2 is 2.27 bits per heavy atom. The molecule has 2 N–H and O–H groups in total. The second kappa shape index (κ2) is 5.82. The van der Waals surface area contributed by atoms with Gasteiger partial charge in [0, 0.05) is 31.8 Å². The molecule has 1 aliphatic heterocycles. The van der Waals surface area contributed by atoms with Crippen LogP contribution >= 0.6 is 0 Å². The Labute approximate surface area is 88.7 Å². The van der Waals surface area contributed by atoms with Crippen molar-refractivity contribution < 1.29 is 19.8 Å². The standard InChI is InChI=1S/C10H17NO4/c12-7-11-5-1-2-8(6-11)9(13)3-4-10(14)15/h7-8,10,14-15H,1-6H2. The van der Waals surface area contributed by atoms with E-state index in [1.165, 1.54) is 0 Å². The van der Waals surface area contributed by atoms with Crippen molar-refractivity contribution in [3.05, 3.63) is 0 Å². The molecule has 1 saturated heterocycles. The first-order chi connectivity index (χ1) is 7.13. The Morgan fingerprint density at radius 1 is 1.53 bits per heavy atom. The molecule has 1 unspecified atom stereocenters. The van der Waals surface area contributed by atoms with Crippen molar-refractivity contribution in [2.45, 2.75) is 32.0 Å². The topological polar surface area (TPSA) is 77.8 Å². The molecule has 0 aromatic carbocycles. The molecule has 5 nitrogen and oxygen atoms in total. The van der Waals surface area contributed by atoms with Gasteiger partial charge in [-0.05, 0) is 12.8 Å². The zero-order chi connectivity index (χ0) is 11.3. The SMILES string of the molecule is O=CN1CCCC(C(=O)CCC(O)O)C1. The molecule has 1 amide bonds. The Bertz CT molecular complexity index is 229. The Kier molecular flexibility index (Phi) is 4.71. The lowest BCUT2D eigenvalue weighted by molar-refractivity contribution is -0.129. The summed E-state index contributed by atoms with van der Waals surface area (Å²) in [5, 5.41) is 17.3. The van der Waals surface area contributed by atoms with E-state index in [0.717, 1.165) is 25.8 Å². The summed E-state index contributed by atoms with van der Waals surface area (Å²) >= 11 is 0. The van der Waals surface area contributed by atoms with Crippen LogP contribution in [0.1, 0.15) is 25.7 Å². The maximum absolute atomic E-state index is 11.6. The smallest absolute Gasteiger partial charge is 0.209 e. The first kappa shape index (κ1) is 12.1. The van der Waals surface area contributed by atoms with E-state index >= 15 is 0 Å². The second-order valence-electron chi connectivity index (χ2n) is 3.93. The number of likely N-dealkylation sites (tertiary alicyclic amines) is 1. The molecule has 86 valence electrons. The number of hydrogen-bond donors (Lipinski definition) is 2. The zero-order valence-corrected chi connectivity index (χ0v) is 8.63. The van der Waals surface area contributed by atoms with Crippen molar-refractivity contribution in [3.63, 3.8) is 0 Å². The number of piperidine rings is 1. The predicted octanol–water partition coefficient (Wildman–Crippen LogP) is -0.485. The molecule has 1 rings (SSSR count). The van der Waals surface area contributed by atoms with Crippen molar-refractivity contribution in [3.8, 4) is 0 Å². The number of amides is 1. The van der Waals surface area contributed by atoms with Crippen molar-refractivity contribution in [1.82, 2.24) is 4.90 Å². The molecule has 0 saturated carbocycles. The molecule has 5 heteroatoms. The highest BCUT2D eigenvalue weighted by Gasteiger charge is 2.24. The quantitative estimate of drug-likeness (QED) is 0.479. The molecule has 1 aliphatic rings. The fraction of sp³-hybridized carbons (Fsp3) is 0.800. The van der Waals surface area contributed by atoms with Crippen molar-refractivity contribution >= 4 is 12.2 Å². The third-order valence-corrected chi connectivity index (χ3v) is 2.71. The maximum Gasteiger partial charge on any atom is 0.209 e. The molecule has 1 heterocycles. The van der Waals surface area contributed by atoms with E-state index in [-0.39, 0.29) is 24.5 Å². The molecular formula is C10H17NO4. The Balaban J connectivity index is 2.35. The van der Waals surface area contributed by atoms with E-state index < -0.39 is 6.29 Å². The van der Waals surface area contributed by atoms with Crippen LogP contribution in [0.3, 0.4) is 0 Å². The molecule has 0 bridgehead atoms. The average Bonchev–Trinajstić information content (AvgIpc) is 2.26. The van der Waals surface area contributed by atoms with E-state index in [9.17, 15) is 9.59 Å². The molecule has 0 aliphatic carbocycles. The van der Waals surface area contributed by atoms with Crippen molar-refractivity contribution in [2.24, 2.45) is 5.92 Å². The number of carbonyl (C=O) groups excluding carboxylic acids is 2. The Morgan fingerprint density at radius 3 is 2.87 bits per heavy atom. The summed E-state index contributed by atoms with van der Waals surface area (Å²) in [5.41, 5.74) is 0. The minimum Gasteiger partial charge on any atom is -0.368 e. The van der Waals surface area contributed by atoms with Crippen LogP contribution in [0.25, 0.3) is 0 Å². The van der Waals surface area contributed by atoms with E-state index in [1.807, 2.05) is 0 Å². The number of nitrogens with zero attached hydrogens (tertiary/aromatic N) is 1. The monoisotopic (exact) mass is 215 g/mol. The Hall–Kier alpha value is -0.940. The van der Waals surface area contributed by atoms with Gasteiger partial charge in [0.15, 0.2) is 6.29 Å². The first-order valence-electron chi connectivity index (χ1n) is 5.21. The van der Waals surface area contributed by atoms with Crippen LogP contribution in [-0.2, 0) is 9.59 Å². The fourth-order valence-corrected chi connectivity index (χ4v) is 1.84. The minimum atomic E-state index is -1.42. The van der Waals surface area contributed by atoms with Crippen LogP contribution in [0.4, 0.5) is 0 Å². The third kappa shape index (κ3) is 3.97. The van der Waals surface area contributed by atoms with Gasteiger partial charge in [0.25, 0.3) is 0 Å². The minimum absolute atomic E-state index is 0.0228. The lowest BCUT2D eigenvalue weighted by Crippen LogP contribution is -2.37. The number of ketones is 1. The van der Waals surface area contributed by atoms with Gasteiger partial charge in [-0.2, -0.15) is 0 Å². The molecule has 0 aromatic heterocycles. The molecule has 0 radical (unpaired) electrons. The predicted molar refractivity (Wildman–Crippen MR) is 52.8 cm³/mol. The highest BCUT2D eigenvalue weighted by molar-refractivity contribution is 5.81. The molecule has 15 heavy (non-hydrogen) atoms. The van der Waals surface area contributed by atoms with Gasteiger partial charge in [0.2, 0.25) is 6.41 Å². The lowest BCUT2D eigenvalue weighted by Gasteiger charge is -2.28. The van der Waals surface area contributed by atoms with Gasteiger partial charge in [-0.1, -0.05) is 0 Å². The molecule has 1 fully saturated rings. The summed E-state index contributed by atoms with van der Waals surface area (Å²) in [6, 6.07) is 0. The summed E-state index contributed by atoms with van der Waals surface area (Å²) in [6.07, 6.45) is 1.24. The van der Waals surface area contributed by atoms with E-state index in [1.54, 1.807) is 4.90 Å². The van der Waals surface area contributed by atoms with Gasteiger partial charge in [-0.15, -0.1) is 0 Å². The summed E-state index contributed by atoms with van der Waals surface area (Å²) in [4.78, 5) is 23.7. The molecule has 0 spiro atoms. The fourth-order valence-electron chi connectivity index (χ4n) is 1.84. The van der Waals surface area contributed by atoms with Crippen LogP contribution in [0, 0.1) is 5.92 Å². The highest BCUT2D eigenvalue weighted by Crippen LogP contribution is 2.18. The van der Waals surface area contributed by atoms with Crippen LogP contribution in [-0.4, -0.2) is 46.7 Å². The van der Waals surface area contributed by atoms with Gasteiger partial charge in [0.05, 0.1) is 0 Å². The number of carbonyl (C=O) groups is 2.